The van der Waals surface area contributed by atoms with E-state index in [0.29, 0.717) is 11.7 Å². The first kappa shape index (κ1) is 12.8. The number of hydrogen-bond donors (Lipinski definition) is 2. The maximum atomic E-state index is 9.64. The Bertz CT molecular complexity index is 758. The molecule has 0 atom stereocenters. The molecule has 0 saturated carbocycles. The molecular formula is C16H13ClN2O. The van der Waals surface area contributed by atoms with Crippen molar-refractivity contribution in [1.82, 2.24) is 4.98 Å². The lowest BCUT2D eigenvalue weighted by Crippen LogP contribution is -1.97. The first-order chi connectivity index (χ1) is 9.78. The molecule has 100 valence electrons. The second-order valence-corrected chi connectivity index (χ2v) is 4.75. The summed E-state index contributed by atoms with van der Waals surface area (Å²) in [6.45, 7) is 0. The molecule has 2 N–H and O–H groups in total. The topological polar surface area (TPSA) is 45.2 Å². The van der Waals surface area contributed by atoms with Gasteiger partial charge in [-0.25, -0.2) is 4.98 Å². The number of hydrogen-bond acceptors (Lipinski definition) is 3. The van der Waals surface area contributed by atoms with Crippen LogP contribution in [-0.4, -0.2) is 10.1 Å². The third-order valence-electron chi connectivity index (χ3n) is 3.16. The van der Waals surface area contributed by atoms with Gasteiger partial charge in [-0.2, -0.15) is 0 Å². The molecular weight excluding hydrogens is 272 g/mol. The summed E-state index contributed by atoms with van der Waals surface area (Å²) in [5.41, 5.74) is 1.93. The lowest BCUT2D eigenvalue weighted by Gasteiger charge is -2.11. The smallest absolute Gasteiger partial charge is 0.138 e. The minimum atomic E-state index is 0.221. The largest absolute Gasteiger partial charge is 0.508 e. The number of aromatic nitrogens is 1. The number of pyridine rings is 1. The zero-order valence-electron chi connectivity index (χ0n) is 10.7. The van der Waals surface area contributed by atoms with Crippen LogP contribution < -0.4 is 5.32 Å². The van der Waals surface area contributed by atoms with Gasteiger partial charge in [0.25, 0.3) is 0 Å². The van der Waals surface area contributed by atoms with E-state index in [-0.39, 0.29) is 5.75 Å². The maximum Gasteiger partial charge on any atom is 0.138 e. The highest BCUT2D eigenvalue weighted by Crippen LogP contribution is 2.28. The van der Waals surface area contributed by atoms with Crippen molar-refractivity contribution in [3.8, 4) is 5.75 Å². The summed E-state index contributed by atoms with van der Waals surface area (Å²) >= 11 is 5.94. The van der Waals surface area contributed by atoms with Crippen LogP contribution >= 0.6 is 11.6 Å². The quantitative estimate of drug-likeness (QED) is 0.700. The van der Waals surface area contributed by atoms with Crippen LogP contribution in [0.3, 0.4) is 0 Å². The van der Waals surface area contributed by atoms with Crippen LogP contribution in [0.15, 0.2) is 54.7 Å². The number of fused-ring (bicyclic) bond motifs is 1. The van der Waals surface area contributed by atoms with Crippen molar-refractivity contribution >= 4 is 33.9 Å². The number of phenolic OH excluding ortho intramolecular Hbond substituents is 1. The van der Waals surface area contributed by atoms with Crippen LogP contribution in [0.2, 0.25) is 0 Å². The number of benzene rings is 2. The molecule has 0 spiro atoms. The van der Waals surface area contributed by atoms with Crippen LogP contribution in [0.25, 0.3) is 10.8 Å². The molecule has 1 heterocycles. The second kappa shape index (κ2) is 5.39. The number of alkyl halides is 1. The van der Waals surface area contributed by atoms with Crippen LogP contribution in [-0.2, 0) is 5.88 Å². The van der Waals surface area contributed by atoms with Crippen molar-refractivity contribution in [2.75, 3.05) is 5.32 Å². The van der Waals surface area contributed by atoms with Crippen LogP contribution in [0.1, 0.15) is 5.56 Å². The van der Waals surface area contributed by atoms with E-state index >= 15 is 0 Å². The summed E-state index contributed by atoms with van der Waals surface area (Å²) < 4.78 is 0. The van der Waals surface area contributed by atoms with Gasteiger partial charge in [0, 0.05) is 23.2 Å². The highest BCUT2D eigenvalue weighted by Gasteiger charge is 2.06. The fourth-order valence-corrected chi connectivity index (χ4v) is 2.38. The number of para-hydroxylation sites is 1. The molecule has 2 aromatic carbocycles. The molecule has 20 heavy (non-hydrogen) atoms. The molecule has 0 aliphatic rings. The molecule has 0 amide bonds. The first-order valence-electron chi connectivity index (χ1n) is 6.26. The van der Waals surface area contributed by atoms with Gasteiger partial charge in [-0.3, -0.25) is 0 Å². The Balaban J connectivity index is 2.08. The normalized spacial score (nSPS) is 10.7. The standard InChI is InChI=1S/C16H13ClN2O/c17-10-12-3-1-2-4-15(12)19-16-14-9-13(20)6-5-11(14)7-8-18-16/h1-9,20H,10H2,(H,18,19). The molecule has 1 aromatic heterocycles. The number of aromatic hydroxyl groups is 1. The van der Waals surface area contributed by atoms with E-state index in [1.54, 1.807) is 18.3 Å². The molecule has 0 saturated heterocycles. The van der Waals surface area contributed by atoms with E-state index in [0.717, 1.165) is 22.0 Å². The summed E-state index contributed by atoms with van der Waals surface area (Å²) in [7, 11) is 0. The number of anilines is 2. The Labute approximate surface area is 121 Å². The van der Waals surface area contributed by atoms with Gasteiger partial charge in [0.05, 0.1) is 0 Å². The average Bonchev–Trinajstić information content (AvgIpc) is 2.48. The van der Waals surface area contributed by atoms with Crippen molar-refractivity contribution in [3.63, 3.8) is 0 Å². The van der Waals surface area contributed by atoms with E-state index in [4.69, 9.17) is 11.6 Å². The zero-order chi connectivity index (χ0) is 13.9. The van der Waals surface area contributed by atoms with Gasteiger partial charge < -0.3 is 10.4 Å². The Hall–Kier alpha value is -2.26. The Morgan fingerprint density at radius 3 is 2.80 bits per heavy atom. The SMILES string of the molecule is Oc1ccc2ccnc(Nc3ccccc3CCl)c2c1. The van der Waals surface area contributed by atoms with Crippen LogP contribution in [0.5, 0.6) is 5.75 Å². The van der Waals surface area contributed by atoms with Gasteiger partial charge in [-0.15, -0.1) is 11.6 Å². The molecule has 3 nitrogen and oxygen atoms in total. The second-order valence-electron chi connectivity index (χ2n) is 4.48. The molecule has 3 rings (SSSR count). The predicted molar refractivity (Wildman–Crippen MR) is 82.7 cm³/mol. The van der Waals surface area contributed by atoms with Gasteiger partial charge in [0.1, 0.15) is 11.6 Å². The molecule has 4 heteroatoms. The van der Waals surface area contributed by atoms with Crippen molar-refractivity contribution in [1.29, 1.82) is 0 Å². The fourth-order valence-electron chi connectivity index (χ4n) is 2.14. The minimum absolute atomic E-state index is 0.221. The molecule has 0 bridgehead atoms. The molecule has 3 aromatic rings. The number of nitrogens with zero attached hydrogens (tertiary/aromatic N) is 1. The predicted octanol–water partition coefficient (Wildman–Crippen LogP) is 4.42. The highest BCUT2D eigenvalue weighted by molar-refractivity contribution is 6.17. The van der Waals surface area contributed by atoms with Gasteiger partial charge in [-0.1, -0.05) is 24.3 Å². The lowest BCUT2D eigenvalue weighted by molar-refractivity contribution is 0.476. The molecule has 0 unspecified atom stereocenters. The Morgan fingerprint density at radius 2 is 1.95 bits per heavy atom. The third-order valence-corrected chi connectivity index (χ3v) is 3.45. The van der Waals surface area contributed by atoms with Crippen molar-refractivity contribution in [3.05, 3.63) is 60.3 Å². The van der Waals surface area contributed by atoms with Crippen LogP contribution in [0, 0.1) is 0 Å². The van der Waals surface area contributed by atoms with E-state index in [1.807, 2.05) is 36.4 Å². The number of phenols is 1. The number of nitrogens with one attached hydrogen (secondary N) is 1. The number of halogens is 1. The lowest BCUT2D eigenvalue weighted by atomic mass is 10.1. The third kappa shape index (κ3) is 2.40. The van der Waals surface area contributed by atoms with Gasteiger partial charge >= 0.3 is 0 Å². The van der Waals surface area contributed by atoms with Gasteiger partial charge in [-0.05, 0) is 35.2 Å². The van der Waals surface area contributed by atoms with E-state index in [2.05, 4.69) is 10.3 Å². The van der Waals surface area contributed by atoms with E-state index in [9.17, 15) is 5.11 Å². The summed E-state index contributed by atoms with van der Waals surface area (Å²) in [4.78, 5) is 4.35. The monoisotopic (exact) mass is 284 g/mol. The molecule has 0 radical (unpaired) electrons. The average molecular weight is 285 g/mol. The minimum Gasteiger partial charge on any atom is -0.508 e. The Kier molecular flexibility index (Phi) is 3.44. The van der Waals surface area contributed by atoms with E-state index < -0.39 is 0 Å². The van der Waals surface area contributed by atoms with E-state index in [1.165, 1.54) is 0 Å². The summed E-state index contributed by atoms with van der Waals surface area (Å²) in [5.74, 6) is 1.36. The molecule has 0 aliphatic heterocycles. The summed E-state index contributed by atoms with van der Waals surface area (Å²) in [6, 6.07) is 15.0. The number of rotatable bonds is 3. The summed E-state index contributed by atoms with van der Waals surface area (Å²) in [6.07, 6.45) is 1.74. The molecule has 0 fully saturated rings. The van der Waals surface area contributed by atoms with Crippen molar-refractivity contribution in [2.45, 2.75) is 5.88 Å². The van der Waals surface area contributed by atoms with Gasteiger partial charge in [0.15, 0.2) is 0 Å². The van der Waals surface area contributed by atoms with Crippen LogP contribution in [0.4, 0.5) is 11.5 Å². The molecule has 0 aliphatic carbocycles. The highest BCUT2D eigenvalue weighted by atomic mass is 35.5. The zero-order valence-corrected chi connectivity index (χ0v) is 11.4. The fraction of sp³-hybridized carbons (Fsp3) is 0.0625. The summed E-state index contributed by atoms with van der Waals surface area (Å²) in [5, 5.41) is 14.8. The maximum absolute atomic E-state index is 9.64. The van der Waals surface area contributed by atoms with Crippen molar-refractivity contribution < 1.29 is 5.11 Å². The Morgan fingerprint density at radius 1 is 1.10 bits per heavy atom. The van der Waals surface area contributed by atoms with Gasteiger partial charge in [0.2, 0.25) is 0 Å². The first-order valence-corrected chi connectivity index (χ1v) is 6.80. The van der Waals surface area contributed by atoms with Crippen molar-refractivity contribution in [2.24, 2.45) is 0 Å².